The van der Waals surface area contributed by atoms with E-state index in [2.05, 4.69) is 20.9 Å². The maximum absolute atomic E-state index is 11.7. The highest BCUT2D eigenvalue weighted by atomic mass is 79.9. The summed E-state index contributed by atoms with van der Waals surface area (Å²) in [6.07, 6.45) is 1.77. The van der Waals surface area contributed by atoms with Crippen LogP contribution in [0, 0.1) is 0 Å². The molecular weight excluding hydrogens is 328 g/mol. The number of aromatic nitrogens is 2. The molecular formula is C13H15BrN2O2S. The van der Waals surface area contributed by atoms with Crippen LogP contribution in [0.1, 0.15) is 30.7 Å². The van der Waals surface area contributed by atoms with E-state index in [1.807, 2.05) is 19.2 Å². The van der Waals surface area contributed by atoms with Gasteiger partial charge in [-0.05, 0) is 35.8 Å². The molecule has 0 aliphatic carbocycles. The predicted molar refractivity (Wildman–Crippen MR) is 79.7 cm³/mol. The largest absolute Gasteiger partial charge is 0.372 e. The van der Waals surface area contributed by atoms with E-state index in [9.17, 15) is 4.79 Å². The first-order valence-electron chi connectivity index (χ1n) is 6.02. The molecule has 2 aromatic heterocycles. The number of halogens is 1. The van der Waals surface area contributed by atoms with Gasteiger partial charge >= 0.3 is 0 Å². The van der Waals surface area contributed by atoms with Gasteiger partial charge in [-0.1, -0.05) is 0 Å². The minimum absolute atomic E-state index is 0.00276. The van der Waals surface area contributed by atoms with Crippen LogP contribution in [-0.2, 0) is 11.3 Å². The molecule has 2 heterocycles. The summed E-state index contributed by atoms with van der Waals surface area (Å²) in [5.41, 5.74) is 0.849. The molecule has 0 aliphatic heterocycles. The third-order valence-electron chi connectivity index (χ3n) is 2.61. The average Bonchev–Trinajstić information content (AvgIpc) is 2.83. The van der Waals surface area contributed by atoms with E-state index in [0.717, 1.165) is 15.2 Å². The lowest BCUT2D eigenvalue weighted by atomic mass is 10.4. The van der Waals surface area contributed by atoms with Gasteiger partial charge in [-0.3, -0.25) is 4.79 Å². The lowest BCUT2D eigenvalue weighted by Crippen LogP contribution is -2.19. The van der Waals surface area contributed by atoms with E-state index in [-0.39, 0.29) is 11.7 Å². The Balaban J connectivity index is 2.16. The number of thiazole rings is 1. The van der Waals surface area contributed by atoms with E-state index in [1.54, 1.807) is 34.2 Å². The van der Waals surface area contributed by atoms with Crippen molar-refractivity contribution >= 4 is 27.3 Å². The molecule has 0 bridgehead atoms. The molecule has 0 saturated carbocycles. The van der Waals surface area contributed by atoms with Crippen LogP contribution >= 0.6 is 27.3 Å². The standard InChI is InChI=1S/C13H15BrN2O2S/c1-3-18-9(2)13-15-11(8-19-13)7-16-6-10(14)4-5-12(16)17/h4-6,8-9H,3,7H2,1-2H3/t9-/m0/s1. The number of ether oxygens (including phenoxy) is 1. The van der Waals surface area contributed by atoms with Crippen molar-refractivity contribution in [3.05, 3.63) is 49.2 Å². The molecule has 0 amide bonds. The van der Waals surface area contributed by atoms with Gasteiger partial charge in [0.2, 0.25) is 0 Å². The van der Waals surface area contributed by atoms with Gasteiger partial charge < -0.3 is 9.30 Å². The first-order valence-corrected chi connectivity index (χ1v) is 7.69. The quantitative estimate of drug-likeness (QED) is 0.837. The van der Waals surface area contributed by atoms with Crippen LogP contribution in [0.4, 0.5) is 0 Å². The van der Waals surface area contributed by atoms with Crippen molar-refractivity contribution in [1.82, 2.24) is 9.55 Å². The van der Waals surface area contributed by atoms with Crippen molar-refractivity contribution in [2.75, 3.05) is 6.61 Å². The summed E-state index contributed by atoms with van der Waals surface area (Å²) in [6, 6.07) is 3.28. The molecule has 0 spiro atoms. The van der Waals surface area contributed by atoms with Gasteiger partial charge in [0.05, 0.1) is 12.2 Å². The summed E-state index contributed by atoms with van der Waals surface area (Å²) in [5, 5.41) is 2.91. The summed E-state index contributed by atoms with van der Waals surface area (Å²) >= 11 is 4.92. The van der Waals surface area contributed by atoms with E-state index in [4.69, 9.17) is 4.74 Å². The fourth-order valence-electron chi connectivity index (χ4n) is 1.70. The molecule has 19 heavy (non-hydrogen) atoms. The van der Waals surface area contributed by atoms with Gasteiger partial charge in [-0.25, -0.2) is 4.98 Å². The lowest BCUT2D eigenvalue weighted by molar-refractivity contribution is 0.0761. The molecule has 102 valence electrons. The Morgan fingerprint density at radius 3 is 3.05 bits per heavy atom. The molecule has 0 saturated heterocycles. The second-order valence-electron chi connectivity index (χ2n) is 4.09. The molecule has 2 rings (SSSR count). The first-order chi connectivity index (χ1) is 9.10. The fraction of sp³-hybridized carbons (Fsp3) is 0.385. The Labute approximate surface area is 124 Å². The second-order valence-corrected chi connectivity index (χ2v) is 5.89. The van der Waals surface area contributed by atoms with Crippen molar-refractivity contribution in [3.63, 3.8) is 0 Å². The zero-order chi connectivity index (χ0) is 13.8. The SMILES string of the molecule is CCO[C@@H](C)c1nc(Cn2cc(Br)ccc2=O)cs1. The average molecular weight is 343 g/mol. The van der Waals surface area contributed by atoms with Crippen molar-refractivity contribution in [2.45, 2.75) is 26.5 Å². The number of rotatable bonds is 5. The Morgan fingerprint density at radius 2 is 2.32 bits per heavy atom. The monoisotopic (exact) mass is 342 g/mol. The molecule has 6 heteroatoms. The molecule has 2 aromatic rings. The molecule has 0 aliphatic rings. The van der Waals surface area contributed by atoms with Crippen molar-refractivity contribution < 1.29 is 4.74 Å². The Hall–Kier alpha value is -0.980. The second kappa shape index (κ2) is 6.45. The summed E-state index contributed by atoms with van der Waals surface area (Å²) in [7, 11) is 0. The highest BCUT2D eigenvalue weighted by molar-refractivity contribution is 9.10. The van der Waals surface area contributed by atoms with Crippen LogP contribution in [0.25, 0.3) is 0 Å². The van der Waals surface area contributed by atoms with Crippen molar-refractivity contribution in [1.29, 1.82) is 0 Å². The van der Waals surface area contributed by atoms with E-state index in [1.165, 1.54) is 0 Å². The highest BCUT2D eigenvalue weighted by Gasteiger charge is 2.10. The molecule has 0 radical (unpaired) electrons. The van der Waals surface area contributed by atoms with Gasteiger partial charge in [0.25, 0.3) is 5.56 Å². The van der Waals surface area contributed by atoms with Gasteiger partial charge in [0.1, 0.15) is 11.1 Å². The summed E-state index contributed by atoms with van der Waals surface area (Å²) < 4.78 is 8.02. The van der Waals surface area contributed by atoms with Crippen LogP contribution < -0.4 is 5.56 Å². The Kier molecular flexibility index (Phi) is 4.90. The minimum Gasteiger partial charge on any atom is -0.372 e. The highest BCUT2D eigenvalue weighted by Crippen LogP contribution is 2.21. The number of pyridine rings is 1. The van der Waals surface area contributed by atoms with Crippen molar-refractivity contribution in [3.8, 4) is 0 Å². The van der Waals surface area contributed by atoms with Gasteiger partial charge in [-0.2, -0.15) is 0 Å². The van der Waals surface area contributed by atoms with Gasteiger partial charge in [0, 0.05) is 28.7 Å². The Morgan fingerprint density at radius 1 is 1.53 bits per heavy atom. The summed E-state index contributed by atoms with van der Waals surface area (Å²) in [6.45, 7) is 5.10. The van der Waals surface area contributed by atoms with E-state index < -0.39 is 0 Å². The lowest BCUT2D eigenvalue weighted by Gasteiger charge is -2.07. The maximum Gasteiger partial charge on any atom is 0.250 e. The molecule has 4 nitrogen and oxygen atoms in total. The van der Waals surface area contributed by atoms with Crippen LogP contribution in [-0.4, -0.2) is 16.2 Å². The number of hydrogen-bond acceptors (Lipinski definition) is 4. The smallest absolute Gasteiger partial charge is 0.250 e. The molecule has 0 fully saturated rings. The normalized spacial score (nSPS) is 12.6. The molecule has 0 unspecified atom stereocenters. The third-order valence-corrected chi connectivity index (χ3v) is 4.14. The third kappa shape index (κ3) is 3.75. The predicted octanol–water partition coefficient (Wildman–Crippen LogP) is 3.21. The topological polar surface area (TPSA) is 44.1 Å². The van der Waals surface area contributed by atoms with Crippen LogP contribution in [0.2, 0.25) is 0 Å². The van der Waals surface area contributed by atoms with Gasteiger partial charge in [0.15, 0.2) is 0 Å². The van der Waals surface area contributed by atoms with Crippen molar-refractivity contribution in [2.24, 2.45) is 0 Å². The van der Waals surface area contributed by atoms with Gasteiger partial charge in [-0.15, -0.1) is 11.3 Å². The van der Waals surface area contributed by atoms with Crippen LogP contribution in [0.3, 0.4) is 0 Å². The molecule has 0 aromatic carbocycles. The number of hydrogen-bond donors (Lipinski definition) is 0. The molecule has 0 N–H and O–H groups in total. The molecule has 1 atom stereocenters. The fourth-order valence-corrected chi connectivity index (χ4v) is 2.90. The summed E-state index contributed by atoms with van der Waals surface area (Å²) in [5.74, 6) is 0. The van der Waals surface area contributed by atoms with E-state index >= 15 is 0 Å². The number of nitrogens with zero attached hydrogens (tertiary/aromatic N) is 2. The Bertz CT molecular complexity index is 609. The van der Waals surface area contributed by atoms with E-state index in [0.29, 0.717) is 13.2 Å². The zero-order valence-electron chi connectivity index (χ0n) is 10.8. The zero-order valence-corrected chi connectivity index (χ0v) is 13.2. The minimum atomic E-state index is -0.0318. The summed E-state index contributed by atoms with van der Waals surface area (Å²) in [4.78, 5) is 16.2. The van der Waals surface area contributed by atoms with Crippen LogP contribution in [0.5, 0.6) is 0 Å². The first kappa shape index (κ1) is 14.4. The maximum atomic E-state index is 11.7. The van der Waals surface area contributed by atoms with Crippen LogP contribution in [0.15, 0.2) is 33.0 Å².